The number of hydrogen-bond donors (Lipinski definition) is 2. The number of nitrogens with two attached hydrogens (primary N) is 1. The Morgan fingerprint density at radius 1 is 1.37 bits per heavy atom. The lowest BCUT2D eigenvalue weighted by Gasteiger charge is -2.15. The second-order valence-corrected chi connectivity index (χ2v) is 4.66. The molecule has 0 bridgehead atoms. The summed E-state index contributed by atoms with van der Waals surface area (Å²) in [6.07, 6.45) is 4.06. The lowest BCUT2D eigenvalue weighted by atomic mass is 10.1. The maximum absolute atomic E-state index is 10.5. The van der Waals surface area contributed by atoms with Gasteiger partial charge in [0.1, 0.15) is 0 Å². The van der Waals surface area contributed by atoms with E-state index in [1.54, 1.807) is 12.1 Å². The zero-order valence-electron chi connectivity index (χ0n) is 11.5. The summed E-state index contributed by atoms with van der Waals surface area (Å²) in [6.45, 7) is 3.83. The van der Waals surface area contributed by atoms with E-state index in [1.807, 2.05) is 12.1 Å². The van der Waals surface area contributed by atoms with Crippen LogP contribution in [0.25, 0.3) is 0 Å². The fourth-order valence-corrected chi connectivity index (χ4v) is 2.03. The molecule has 0 aromatic heterocycles. The summed E-state index contributed by atoms with van der Waals surface area (Å²) in [5.41, 5.74) is 6.83. The average molecular weight is 265 g/mol. The molecule has 19 heavy (non-hydrogen) atoms. The molecule has 5 heteroatoms. The Bertz CT molecular complexity index is 379. The summed E-state index contributed by atoms with van der Waals surface area (Å²) in [5, 5.41) is 14.0. The van der Waals surface area contributed by atoms with Gasteiger partial charge in [0, 0.05) is 18.2 Å². The third-order valence-electron chi connectivity index (χ3n) is 3.23. The molecule has 0 fully saturated rings. The molecule has 0 amide bonds. The van der Waals surface area contributed by atoms with Crippen molar-refractivity contribution < 1.29 is 4.92 Å². The molecule has 0 spiro atoms. The van der Waals surface area contributed by atoms with Crippen molar-refractivity contribution in [2.45, 2.75) is 38.6 Å². The molecule has 5 nitrogen and oxygen atoms in total. The summed E-state index contributed by atoms with van der Waals surface area (Å²) in [5.74, 6) is 0. The molecule has 0 aliphatic heterocycles. The first kappa shape index (κ1) is 15.6. The molecule has 3 N–H and O–H groups in total. The van der Waals surface area contributed by atoms with E-state index in [2.05, 4.69) is 12.2 Å². The third kappa shape index (κ3) is 5.81. The van der Waals surface area contributed by atoms with Crippen molar-refractivity contribution in [1.29, 1.82) is 0 Å². The van der Waals surface area contributed by atoms with Crippen molar-refractivity contribution in [3.63, 3.8) is 0 Å². The average Bonchev–Trinajstić information content (AvgIpc) is 2.42. The first-order chi connectivity index (χ1) is 9.17. The molecule has 1 rings (SSSR count). The topological polar surface area (TPSA) is 81.2 Å². The Morgan fingerprint density at radius 2 is 2.05 bits per heavy atom. The monoisotopic (exact) mass is 265 g/mol. The number of non-ortho nitro benzene ring substituents is 1. The Kier molecular flexibility index (Phi) is 7.07. The molecule has 1 unspecified atom stereocenters. The van der Waals surface area contributed by atoms with E-state index in [9.17, 15) is 10.1 Å². The summed E-state index contributed by atoms with van der Waals surface area (Å²) in [4.78, 5) is 10.2. The van der Waals surface area contributed by atoms with E-state index in [-0.39, 0.29) is 10.6 Å². The number of nitrogens with zero attached hydrogens (tertiary/aromatic N) is 1. The SMILES string of the molecule is CCC(CCN)NCCCc1ccc([N+](=O)[O-])cc1. The molecule has 1 aromatic rings. The van der Waals surface area contributed by atoms with Crippen LogP contribution in [0.3, 0.4) is 0 Å². The lowest BCUT2D eigenvalue weighted by Crippen LogP contribution is -2.31. The molecule has 0 saturated carbocycles. The van der Waals surface area contributed by atoms with Gasteiger partial charge in [0.25, 0.3) is 5.69 Å². The summed E-state index contributed by atoms with van der Waals surface area (Å²) < 4.78 is 0. The molecule has 1 atom stereocenters. The Hall–Kier alpha value is -1.46. The van der Waals surface area contributed by atoms with Crippen LogP contribution in [-0.4, -0.2) is 24.1 Å². The quantitative estimate of drug-likeness (QED) is 0.407. The second kappa shape index (κ2) is 8.61. The van der Waals surface area contributed by atoms with Crippen molar-refractivity contribution in [3.05, 3.63) is 39.9 Å². The van der Waals surface area contributed by atoms with E-state index in [0.717, 1.165) is 37.8 Å². The van der Waals surface area contributed by atoms with Crippen molar-refractivity contribution in [2.75, 3.05) is 13.1 Å². The van der Waals surface area contributed by atoms with Crippen LogP contribution in [-0.2, 0) is 6.42 Å². The van der Waals surface area contributed by atoms with Gasteiger partial charge < -0.3 is 11.1 Å². The molecule has 1 aromatic carbocycles. The van der Waals surface area contributed by atoms with Gasteiger partial charge in [-0.2, -0.15) is 0 Å². The van der Waals surface area contributed by atoms with Gasteiger partial charge in [0.2, 0.25) is 0 Å². The standard InChI is InChI=1S/C14H23N3O2/c1-2-13(9-10-15)16-11-3-4-12-5-7-14(8-6-12)17(18)19/h5-8,13,16H,2-4,9-11,15H2,1H3. The highest BCUT2D eigenvalue weighted by molar-refractivity contribution is 5.32. The van der Waals surface area contributed by atoms with Crippen LogP contribution in [0.1, 0.15) is 31.7 Å². The predicted molar refractivity (Wildman–Crippen MR) is 77.2 cm³/mol. The van der Waals surface area contributed by atoms with E-state index < -0.39 is 0 Å². The zero-order valence-corrected chi connectivity index (χ0v) is 11.5. The van der Waals surface area contributed by atoms with Crippen LogP contribution in [0.15, 0.2) is 24.3 Å². The van der Waals surface area contributed by atoms with Gasteiger partial charge in [-0.25, -0.2) is 0 Å². The minimum Gasteiger partial charge on any atom is -0.330 e. The van der Waals surface area contributed by atoms with Crippen molar-refractivity contribution in [3.8, 4) is 0 Å². The maximum Gasteiger partial charge on any atom is 0.269 e. The minimum absolute atomic E-state index is 0.149. The number of aryl methyl sites for hydroxylation is 1. The van der Waals surface area contributed by atoms with E-state index in [0.29, 0.717) is 12.6 Å². The smallest absolute Gasteiger partial charge is 0.269 e. The van der Waals surface area contributed by atoms with Gasteiger partial charge in [0.05, 0.1) is 4.92 Å². The molecule has 0 saturated heterocycles. The molecular weight excluding hydrogens is 242 g/mol. The number of nitro benzene ring substituents is 1. The number of nitro groups is 1. The molecular formula is C14H23N3O2. The van der Waals surface area contributed by atoms with Gasteiger partial charge in [-0.1, -0.05) is 19.1 Å². The first-order valence-corrected chi connectivity index (χ1v) is 6.84. The normalized spacial score (nSPS) is 12.3. The first-order valence-electron chi connectivity index (χ1n) is 6.84. The number of nitrogens with one attached hydrogen (secondary N) is 1. The predicted octanol–water partition coefficient (Wildman–Crippen LogP) is 2.24. The number of rotatable bonds is 9. The molecule has 106 valence electrons. The van der Waals surface area contributed by atoms with Crippen LogP contribution < -0.4 is 11.1 Å². The van der Waals surface area contributed by atoms with Gasteiger partial charge in [-0.15, -0.1) is 0 Å². The number of benzene rings is 1. The van der Waals surface area contributed by atoms with Gasteiger partial charge >= 0.3 is 0 Å². The van der Waals surface area contributed by atoms with Gasteiger partial charge in [-0.3, -0.25) is 10.1 Å². The van der Waals surface area contributed by atoms with Crippen molar-refractivity contribution >= 4 is 5.69 Å². The van der Waals surface area contributed by atoms with Crippen LogP contribution in [0.4, 0.5) is 5.69 Å². The molecule has 0 aliphatic carbocycles. The summed E-state index contributed by atoms with van der Waals surface area (Å²) in [6, 6.07) is 7.28. The van der Waals surface area contributed by atoms with Crippen molar-refractivity contribution in [1.82, 2.24) is 5.32 Å². The summed E-state index contributed by atoms with van der Waals surface area (Å²) in [7, 11) is 0. The van der Waals surface area contributed by atoms with Gasteiger partial charge in [0.15, 0.2) is 0 Å². The zero-order chi connectivity index (χ0) is 14.1. The van der Waals surface area contributed by atoms with E-state index in [1.165, 1.54) is 0 Å². The Labute approximate surface area is 114 Å². The van der Waals surface area contributed by atoms with Crippen LogP contribution in [0.2, 0.25) is 0 Å². The lowest BCUT2D eigenvalue weighted by molar-refractivity contribution is -0.384. The summed E-state index contributed by atoms with van der Waals surface area (Å²) >= 11 is 0. The van der Waals surface area contributed by atoms with E-state index >= 15 is 0 Å². The molecule has 0 aliphatic rings. The fraction of sp³-hybridized carbons (Fsp3) is 0.571. The fourth-order valence-electron chi connectivity index (χ4n) is 2.03. The number of hydrogen-bond acceptors (Lipinski definition) is 4. The highest BCUT2D eigenvalue weighted by atomic mass is 16.6. The van der Waals surface area contributed by atoms with Gasteiger partial charge in [-0.05, 0) is 44.3 Å². The van der Waals surface area contributed by atoms with Crippen LogP contribution >= 0.6 is 0 Å². The maximum atomic E-state index is 10.5. The highest BCUT2D eigenvalue weighted by Crippen LogP contribution is 2.12. The minimum atomic E-state index is -0.371. The van der Waals surface area contributed by atoms with E-state index in [4.69, 9.17) is 5.73 Å². The van der Waals surface area contributed by atoms with Crippen LogP contribution in [0.5, 0.6) is 0 Å². The molecule has 0 radical (unpaired) electrons. The van der Waals surface area contributed by atoms with Crippen molar-refractivity contribution in [2.24, 2.45) is 5.73 Å². The van der Waals surface area contributed by atoms with Crippen LogP contribution in [0, 0.1) is 10.1 Å². The highest BCUT2D eigenvalue weighted by Gasteiger charge is 2.05. The molecule has 0 heterocycles. The Balaban J connectivity index is 2.27. The Morgan fingerprint density at radius 3 is 2.58 bits per heavy atom. The largest absolute Gasteiger partial charge is 0.330 e. The third-order valence-corrected chi connectivity index (χ3v) is 3.23. The second-order valence-electron chi connectivity index (χ2n) is 4.66.